The van der Waals surface area contributed by atoms with Crippen molar-refractivity contribution in [2.24, 2.45) is 11.7 Å². The first-order chi connectivity index (χ1) is 5.11. The minimum atomic E-state index is 0.338. The van der Waals surface area contributed by atoms with Crippen LogP contribution < -0.4 is 5.73 Å². The summed E-state index contributed by atoms with van der Waals surface area (Å²) in [6.07, 6.45) is 1.18. The second-order valence-corrected chi connectivity index (χ2v) is 3.40. The van der Waals surface area contributed by atoms with E-state index in [1.807, 2.05) is 0 Å². The SMILES string of the molecule is CCC(C)C(N)CN(C)CC. The van der Waals surface area contributed by atoms with Gasteiger partial charge in [-0.3, -0.25) is 0 Å². The van der Waals surface area contributed by atoms with Gasteiger partial charge in [-0.25, -0.2) is 0 Å². The Kier molecular flexibility index (Phi) is 5.51. The fourth-order valence-electron chi connectivity index (χ4n) is 0.972. The predicted molar refractivity (Wildman–Crippen MR) is 50.6 cm³/mol. The van der Waals surface area contributed by atoms with Gasteiger partial charge in [0, 0.05) is 12.6 Å². The van der Waals surface area contributed by atoms with E-state index in [1.54, 1.807) is 0 Å². The van der Waals surface area contributed by atoms with Crippen LogP contribution in [0.3, 0.4) is 0 Å². The van der Waals surface area contributed by atoms with E-state index in [2.05, 4.69) is 32.7 Å². The topological polar surface area (TPSA) is 29.3 Å². The third-order valence-electron chi connectivity index (χ3n) is 2.44. The Bertz CT molecular complexity index is 93.6. The van der Waals surface area contributed by atoms with Gasteiger partial charge in [0.1, 0.15) is 0 Å². The van der Waals surface area contributed by atoms with Crippen LogP contribution in [0, 0.1) is 5.92 Å². The van der Waals surface area contributed by atoms with Crippen molar-refractivity contribution in [1.29, 1.82) is 0 Å². The van der Waals surface area contributed by atoms with Crippen LogP contribution in [0.2, 0.25) is 0 Å². The van der Waals surface area contributed by atoms with Gasteiger partial charge >= 0.3 is 0 Å². The molecule has 0 saturated heterocycles. The van der Waals surface area contributed by atoms with Crippen molar-refractivity contribution in [2.75, 3.05) is 20.1 Å². The number of nitrogens with two attached hydrogens (primary N) is 1. The van der Waals surface area contributed by atoms with E-state index in [0.29, 0.717) is 12.0 Å². The number of rotatable bonds is 5. The van der Waals surface area contributed by atoms with Crippen LogP contribution in [0.4, 0.5) is 0 Å². The second kappa shape index (κ2) is 5.56. The lowest BCUT2D eigenvalue weighted by molar-refractivity contribution is 0.285. The zero-order chi connectivity index (χ0) is 8.85. The third kappa shape index (κ3) is 4.38. The highest BCUT2D eigenvalue weighted by Gasteiger charge is 2.11. The van der Waals surface area contributed by atoms with Crippen molar-refractivity contribution < 1.29 is 0 Å². The number of hydrogen-bond donors (Lipinski definition) is 1. The van der Waals surface area contributed by atoms with Crippen molar-refractivity contribution in [1.82, 2.24) is 4.90 Å². The first kappa shape index (κ1) is 10.9. The van der Waals surface area contributed by atoms with Crippen LogP contribution in [-0.2, 0) is 0 Å². The summed E-state index contributed by atoms with van der Waals surface area (Å²) in [4.78, 5) is 2.26. The van der Waals surface area contributed by atoms with Crippen LogP contribution in [-0.4, -0.2) is 31.1 Å². The van der Waals surface area contributed by atoms with Gasteiger partial charge in [-0.15, -0.1) is 0 Å². The number of nitrogens with zero attached hydrogens (tertiary/aromatic N) is 1. The summed E-state index contributed by atoms with van der Waals surface area (Å²) in [6, 6.07) is 0.338. The standard InChI is InChI=1S/C9H22N2/c1-5-8(3)9(10)7-11(4)6-2/h8-9H,5-7,10H2,1-4H3. The van der Waals surface area contributed by atoms with Crippen LogP contribution in [0.5, 0.6) is 0 Å². The Morgan fingerprint density at radius 3 is 2.27 bits per heavy atom. The summed E-state index contributed by atoms with van der Waals surface area (Å²) in [7, 11) is 2.11. The number of likely N-dealkylation sites (N-methyl/N-ethyl adjacent to an activating group) is 1. The summed E-state index contributed by atoms with van der Waals surface area (Å²) >= 11 is 0. The van der Waals surface area contributed by atoms with E-state index in [-0.39, 0.29) is 0 Å². The summed E-state index contributed by atoms with van der Waals surface area (Å²) in [6.45, 7) is 8.67. The third-order valence-corrected chi connectivity index (χ3v) is 2.44. The molecule has 0 aliphatic rings. The Morgan fingerprint density at radius 1 is 1.36 bits per heavy atom. The minimum absolute atomic E-state index is 0.338. The average Bonchev–Trinajstić information content (AvgIpc) is 2.02. The highest BCUT2D eigenvalue weighted by Crippen LogP contribution is 2.05. The van der Waals surface area contributed by atoms with E-state index in [9.17, 15) is 0 Å². The quantitative estimate of drug-likeness (QED) is 0.653. The van der Waals surface area contributed by atoms with Gasteiger partial charge in [0.05, 0.1) is 0 Å². The van der Waals surface area contributed by atoms with Crippen molar-refractivity contribution in [3.63, 3.8) is 0 Å². The lowest BCUT2D eigenvalue weighted by atomic mass is 10.00. The molecule has 0 saturated carbocycles. The van der Waals surface area contributed by atoms with Gasteiger partial charge < -0.3 is 10.6 Å². The van der Waals surface area contributed by atoms with Crippen molar-refractivity contribution >= 4 is 0 Å². The van der Waals surface area contributed by atoms with Crippen LogP contribution >= 0.6 is 0 Å². The molecule has 2 heteroatoms. The molecule has 0 rings (SSSR count). The highest BCUT2D eigenvalue weighted by atomic mass is 15.1. The summed E-state index contributed by atoms with van der Waals surface area (Å²) in [5.41, 5.74) is 5.96. The fraction of sp³-hybridized carbons (Fsp3) is 1.00. The molecule has 2 nitrogen and oxygen atoms in total. The predicted octanol–water partition coefficient (Wildman–Crippen LogP) is 1.31. The van der Waals surface area contributed by atoms with Gasteiger partial charge in [0.2, 0.25) is 0 Å². The summed E-state index contributed by atoms with van der Waals surface area (Å²) < 4.78 is 0. The minimum Gasteiger partial charge on any atom is -0.326 e. The fourth-order valence-corrected chi connectivity index (χ4v) is 0.972. The van der Waals surface area contributed by atoms with Crippen molar-refractivity contribution in [2.45, 2.75) is 33.2 Å². The molecule has 0 aromatic carbocycles. The smallest absolute Gasteiger partial charge is 0.0193 e. The Hall–Kier alpha value is -0.0800. The molecule has 0 aliphatic heterocycles. The first-order valence-corrected chi connectivity index (χ1v) is 4.55. The second-order valence-electron chi connectivity index (χ2n) is 3.40. The molecule has 0 spiro atoms. The van der Waals surface area contributed by atoms with Gasteiger partial charge in [-0.1, -0.05) is 27.2 Å². The van der Waals surface area contributed by atoms with Gasteiger partial charge in [0.15, 0.2) is 0 Å². The molecule has 0 amide bonds. The monoisotopic (exact) mass is 158 g/mol. The molecule has 0 aromatic heterocycles. The maximum Gasteiger partial charge on any atom is 0.0193 e. The van der Waals surface area contributed by atoms with E-state index >= 15 is 0 Å². The maximum absolute atomic E-state index is 5.96. The Labute approximate surface area is 70.8 Å². The Balaban J connectivity index is 3.58. The Morgan fingerprint density at radius 2 is 1.91 bits per heavy atom. The maximum atomic E-state index is 5.96. The highest BCUT2D eigenvalue weighted by molar-refractivity contribution is 4.70. The normalized spacial score (nSPS) is 16.9. The van der Waals surface area contributed by atoms with Crippen LogP contribution in [0.25, 0.3) is 0 Å². The molecule has 0 aromatic rings. The zero-order valence-electron chi connectivity index (χ0n) is 8.30. The van der Waals surface area contributed by atoms with Crippen molar-refractivity contribution in [3.8, 4) is 0 Å². The zero-order valence-corrected chi connectivity index (χ0v) is 8.30. The molecular weight excluding hydrogens is 136 g/mol. The van der Waals surface area contributed by atoms with Crippen LogP contribution in [0.15, 0.2) is 0 Å². The molecular formula is C9H22N2. The lowest BCUT2D eigenvalue weighted by Crippen LogP contribution is -2.39. The van der Waals surface area contributed by atoms with Gasteiger partial charge in [-0.05, 0) is 19.5 Å². The van der Waals surface area contributed by atoms with E-state index in [0.717, 1.165) is 13.1 Å². The lowest BCUT2D eigenvalue weighted by Gasteiger charge is -2.23. The average molecular weight is 158 g/mol. The molecule has 0 heterocycles. The van der Waals surface area contributed by atoms with Crippen LogP contribution in [0.1, 0.15) is 27.2 Å². The number of hydrogen-bond acceptors (Lipinski definition) is 2. The first-order valence-electron chi connectivity index (χ1n) is 4.55. The molecule has 0 fully saturated rings. The van der Waals surface area contributed by atoms with E-state index < -0.39 is 0 Å². The molecule has 68 valence electrons. The van der Waals surface area contributed by atoms with E-state index in [4.69, 9.17) is 5.73 Å². The molecule has 0 aliphatic carbocycles. The molecule has 0 radical (unpaired) electrons. The molecule has 11 heavy (non-hydrogen) atoms. The summed E-state index contributed by atoms with van der Waals surface area (Å²) in [5.74, 6) is 0.643. The molecule has 2 unspecified atom stereocenters. The van der Waals surface area contributed by atoms with Crippen molar-refractivity contribution in [3.05, 3.63) is 0 Å². The summed E-state index contributed by atoms with van der Waals surface area (Å²) in [5, 5.41) is 0. The van der Waals surface area contributed by atoms with Gasteiger partial charge in [-0.2, -0.15) is 0 Å². The molecule has 2 atom stereocenters. The molecule has 2 N–H and O–H groups in total. The largest absolute Gasteiger partial charge is 0.326 e. The molecule has 0 bridgehead atoms. The van der Waals surface area contributed by atoms with E-state index in [1.165, 1.54) is 6.42 Å². The van der Waals surface area contributed by atoms with Gasteiger partial charge in [0.25, 0.3) is 0 Å².